The molecule has 0 bridgehead atoms. The molecule has 0 fully saturated rings. The summed E-state index contributed by atoms with van der Waals surface area (Å²) in [5.41, 5.74) is 5.00. The molecule has 0 aromatic carbocycles. The van der Waals surface area contributed by atoms with Crippen LogP contribution in [0.4, 0.5) is 0 Å². The second-order valence-electron chi connectivity index (χ2n) is 3.14. The van der Waals surface area contributed by atoms with Crippen LogP contribution in [0.1, 0.15) is 20.3 Å². The average molecular weight is 172 g/mol. The molecule has 0 aromatic rings. The van der Waals surface area contributed by atoms with Crippen LogP contribution < -0.4 is 11.1 Å². The first-order chi connectivity index (χ1) is 5.49. The summed E-state index contributed by atoms with van der Waals surface area (Å²) in [4.78, 5) is 21.7. The minimum atomic E-state index is -0.433. The molecular weight excluding hydrogens is 156 g/mol. The molecule has 0 rings (SSSR count). The van der Waals surface area contributed by atoms with Gasteiger partial charge in [-0.15, -0.1) is 0 Å². The predicted octanol–water partition coefficient (Wildman–Crippen LogP) is -0.120. The van der Waals surface area contributed by atoms with Gasteiger partial charge in [-0.1, -0.05) is 13.8 Å². The zero-order valence-corrected chi connectivity index (χ0v) is 7.76. The Kier molecular flexibility index (Phi) is 4.33. The lowest BCUT2D eigenvalue weighted by Crippen LogP contribution is -2.34. The van der Waals surface area contributed by atoms with E-state index in [2.05, 4.69) is 5.32 Å². The van der Waals surface area contributed by atoms with Gasteiger partial charge in [0.05, 0.1) is 0 Å². The molecule has 2 amide bonds. The van der Waals surface area contributed by atoms with Crippen molar-refractivity contribution in [1.29, 1.82) is 0 Å². The van der Waals surface area contributed by atoms with Crippen LogP contribution in [0.2, 0.25) is 0 Å². The fourth-order valence-electron chi connectivity index (χ4n) is 1.03. The minimum absolute atomic E-state index is 0.121. The molecule has 70 valence electrons. The average Bonchev–Trinajstić information content (AvgIpc) is 1.98. The molecule has 0 radical (unpaired) electrons. The topological polar surface area (TPSA) is 72.2 Å². The summed E-state index contributed by atoms with van der Waals surface area (Å²) in [7, 11) is 1.55. The monoisotopic (exact) mass is 172 g/mol. The van der Waals surface area contributed by atoms with Crippen LogP contribution in [0.3, 0.4) is 0 Å². The third-order valence-electron chi connectivity index (χ3n) is 1.81. The number of carbonyl (C=O) groups is 2. The molecule has 1 unspecified atom stereocenters. The number of hydrogen-bond donors (Lipinski definition) is 2. The van der Waals surface area contributed by atoms with Crippen molar-refractivity contribution in [3.05, 3.63) is 0 Å². The van der Waals surface area contributed by atoms with Gasteiger partial charge in [-0.3, -0.25) is 9.59 Å². The number of rotatable bonds is 4. The maximum absolute atomic E-state index is 11.2. The molecule has 0 spiro atoms. The smallest absolute Gasteiger partial charge is 0.223 e. The lowest BCUT2D eigenvalue weighted by Gasteiger charge is -2.16. The van der Waals surface area contributed by atoms with E-state index in [0.717, 1.165) is 0 Å². The van der Waals surface area contributed by atoms with E-state index in [4.69, 9.17) is 5.73 Å². The van der Waals surface area contributed by atoms with Crippen LogP contribution in [0.15, 0.2) is 0 Å². The Morgan fingerprint density at radius 3 is 2.17 bits per heavy atom. The zero-order valence-electron chi connectivity index (χ0n) is 7.76. The standard InChI is InChI=1S/C8H16N2O2/c1-5(2)6(4-7(9)11)8(12)10-3/h5-6H,4H2,1-3H3,(H2,9,11)(H,10,12). The Morgan fingerprint density at radius 1 is 1.42 bits per heavy atom. The highest BCUT2D eigenvalue weighted by atomic mass is 16.2. The van der Waals surface area contributed by atoms with Gasteiger partial charge in [-0.2, -0.15) is 0 Å². The van der Waals surface area contributed by atoms with Gasteiger partial charge in [-0.25, -0.2) is 0 Å². The summed E-state index contributed by atoms with van der Waals surface area (Å²) >= 11 is 0. The summed E-state index contributed by atoms with van der Waals surface area (Å²) in [5, 5.41) is 2.51. The van der Waals surface area contributed by atoms with Gasteiger partial charge in [-0.05, 0) is 5.92 Å². The number of primary amides is 1. The Hall–Kier alpha value is -1.06. The number of amides is 2. The molecule has 12 heavy (non-hydrogen) atoms. The van der Waals surface area contributed by atoms with Crippen LogP contribution in [0.5, 0.6) is 0 Å². The molecule has 0 saturated carbocycles. The zero-order chi connectivity index (χ0) is 9.72. The van der Waals surface area contributed by atoms with E-state index in [0.29, 0.717) is 0 Å². The maximum atomic E-state index is 11.2. The van der Waals surface area contributed by atoms with E-state index in [1.54, 1.807) is 7.05 Å². The Labute approximate surface area is 72.5 Å². The number of nitrogens with one attached hydrogen (secondary N) is 1. The molecule has 0 heterocycles. The van der Waals surface area contributed by atoms with Crippen molar-refractivity contribution < 1.29 is 9.59 Å². The molecule has 0 saturated heterocycles. The Morgan fingerprint density at radius 2 is 1.92 bits per heavy atom. The molecule has 1 atom stereocenters. The molecule has 4 nitrogen and oxygen atoms in total. The predicted molar refractivity (Wildman–Crippen MR) is 46.2 cm³/mol. The third kappa shape index (κ3) is 3.37. The van der Waals surface area contributed by atoms with Gasteiger partial charge < -0.3 is 11.1 Å². The van der Waals surface area contributed by atoms with Crippen molar-refractivity contribution in [3.8, 4) is 0 Å². The molecule has 0 aliphatic rings. The van der Waals surface area contributed by atoms with E-state index >= 15 is 0 Å². The maximum Gasteiger partial charge on any atom is 0.223 e. The summed E-state index contributed by atoms with van der Waals surface area (Å²) in [6.45, 7) is 3.78. The number of nitrogens with two attached hydrogens (primary N) is 1. The first-order valence-corrected chi connectivity index (χ1v) is 3.99. The van der Waals surface area contributed by atoms with Crippen LogP contribution in [0.25, 0.3) is 0 Å². The largest absolute Gasteiger partial charge is 0.370 e. The van der Waals surface area contributed by atoms with E-state index in [9.17, 15) is 9.59 Å². The number of hydrogen-bond acceptors (Lipinski definition) is 2. The van der Waals surface area contributed by atoms with E-state index in [-0.39, 0.29) is 24.2 Å². The van der Waals surface area contributed by atoms with Gasteiger partial charge in [0.15, 0.2) is 0 Å². The third-order valence-corrected chi connectivity index (χ3v) is 1.81. The fourth-order valence-corrected chi connectivity index (χ4v) is 1.03. The van der Waals surface area contributed by atoms with Crippen LogP contribution in [0, 0.1) is 11.8 Å². The normalized spacial score (nSPS) is 12.7. The highest BCUT2D eigenvalue weighted by Gasteiger charge is 2.22. The fraction of sp³-hybridized carbons (Fsp3) is 0.750. The molecule has 0 aliphatic heterocycles. The van der Waals surface area contributed by atoms with Gasteiger partial charge >= 0.3 is 0 Å². The number of carbonyl (C=O) groups excluding carboxylic acids is 2. The van der Waals surface area contributed by atoms with Gasteiger partial charge in [0.25, 0.3) is 0 Å². The Balaban J connectivity index is 4.23. The summed E-state index contributed by atoms with van der Waals surface area (Å²) < 4.78 is 0. The van der Waals surface area contributed by atoms with Gasteiger partial charge in [0.2, 0.25) is 11.8 Å². The Bertz CT molecular complexity index is 178. The molecule has 4 heteroatoms. The van der Waals surface area contributed by atoms with E-state index in [1.807, 2.05) is 13.8 Å². The minimum Gasteiger partial charge on any atom is -0.370 e. The van der Waals surface area contributed by atoms with Gasteiger partial charge in [0, 0.05) is 19.4 Å². The van der Waals surface area contributed by atoms with Crippen LogP contribution in [-0.2, 0) is 9.59 Å². The molecule has 0 aliphatic carbocycles. The summed E-state index contributed by atoms with van der Waals surface area (Å²) in [6.07, 6.45) is 0.122. The van der Waals surface area contributed by atoms with E-state index < -0.39 is 5.91 Å². The molecule has 3 N–H and O–H groups in total. The van der Waals surface area contributed by atoms with Crippen molar-refractivity contribution in [2.75, 3.05) is 7.05 Å². The summed E-state index contributed by atoms with van der Waals surface area (Å²) in [5.74, 6) is -0.717. The lowest BCUT2D eigenvalue weighted by atomic mass is 9.91. The summed E-state index contributed by atoms with van der Waals surface area (Å²) in [6, 6.07) is 0. The van der Waals surface area contributed by atoms with Crippen molar-refractivity contribution in [1.82, 2.24) is 5.32 Å². The molecular formula is C8H16N2O2. The highest BCUT2D eigenvalue weighted by Crippen LogP contribution is 2.14. The van der Waals surface area contributed by atoms with Crippen molar-refractivity contribution >= 4 is 11.8 Å². The van der Waals surface area contributed by atoms with Gasteiger partial charge in [0.1, 0.15) is 0 Å². The first kappa shape index (κ1) is 10.9. The second kappa shape index (κ2) is 4.74. The lowest BCUT2D eigenvalue weighted by molar-refractivity contribution is -0.130. The SMILES string of the molecule is CNC(=O)C(CC(N)=O)C(C)C. The van der Waals surface area contributed by atoms with E-state index in [1.165, 1.54) is 0 Å². The van der Waals surface area contributed by atoms with Crippen molar-refractivity contribution in [3.63, 3.8) is 0 Å². The van der Waals surface area contributed by atoms with Crippen molar-refractivity contribution in [2.24, 2.45) is 17.6 Å². The highest BCUT2D eigenvalue weighted by molar-refractivity contribution is 5.85. The second-order valence-corrected chi connectivity index (χ2v) is 3.14. The quantitative estimate of drug-likeness (QED) is 0.620. The van der Waals surface area contributed by atoms with Crippen molar-refractivity contribution in [2.45, 2.75) is 20.3 Å². The first-order valence-electron chi connectivity index (χ1n) is 3.99. The molecule has 0 aromatic heterocycles. The van der Waals surface area contributed by atoms with Crippen LogP contribution in [-0.4, -0.2) is 18.9 Å². The van der Waals surface area contributed by atoms with Crippen LogP contribution >= 0.6 is 0 Å².